The van der Waals surface area contributed by atoms with Crippen molar-refractivity contribution in [1.29, 1.82) is 0 Å². The van der Waals surface area contributed by atoms with Crippen LogP contribution in [0.25, 0.3) is 0 Å². The van der Waals surface area contributed by atoms with Crippen molar-refractivity contribution in [3.05, 3.63) is 39.8 Å². The topological polar surface area (TPSA) is 71.1 Å². The molecule has 0 aliphatic carbocycles. The minimum absolute atomic E-state index is 0.558. The first-order valence-electron chi connectivity index (χ1n) is 6.08. The van der Waals surface area contributed by atoms with E-state index in [1.54, 1.807) is 23.5 Å². The first kappa shape index (κ1) is 14.8. The predicted molar refractivity (Wildman–Crippen MR) is 83.8 cm³/mol. The lowest BCUT2D eigenvalue weighted by atomic mass is 10.3. The summed E-state index contributed by atoms with van der Waals surface area (Å²) in [4.78, 5) is 5.59. The molecule has 0 spiro atoms. The molecule has 1 heterocycles. The normalized spacial score (nSPS) is 11.3. The molecule has 108 valence electrons. The van der Waals surface area contributed by atoms with Crippen molar-refractivity contribution in [2.24, 2.45) is 0 Å². The monoisotopic (exact) mass is 311 g/mol. The van der Waals surface area contributed by atoms with Gasteiger partial charge in [-0.3, -0.25) is 4.72 Å². The molecule has 0 aliphatic rings. The quantitative estimate of drug-likeness (QED) is 0.890. The maximum Gasteiger partial charge on any atom is 0.229 e. The van der Waals surface area contributed by atoms with Crippen molar-refractivity contribution in [2.75, 3.05) is 16.3 Å². The Labute approximate surface area is 123 Å². The third-order valence-corrected chi connectivity index (χ3v) is 4.32. The van der Waals surface area contributed by atoms with Gasteiger partial charge in [0.2, 0.25) is 10.0 Å². The Kier molecular flexibility index (Phi) is 4.29. The van der Waals surface area contributed by atoms with E-state index in [2.05, 4.69) is 15.0 Å². The van der Waals surface area contributed by atoms with E-state index >= 15 is 0 Å². The molecule has 0 fully saturated rings. The lowest BCUT2D eigenvalue weighted by molar-refractivity contribution is 0.607. The van der Waals surface area contributed by atoms with E-state index in [0.717, 1.165) is 29.2 Å². The molecule has 0 bridgehead atoms. The van der Waals surface area contributed by atoms with E-state index in [-0.39, 0.29) is 0 Å². The van der Waals surface area contributed by atoms with Crippen LogP contribution in [0.5, 0.6) is 0 Å². The highest BCUT2D eigenvalue weighted by Gasteiger charge is 2.05. The highest BCUT2D eigenvalue weighted by Crippen LogP contribution is 2.20. The van der Waals surface area contributed by atoms with Gasteiger partial charge >= 0.3 is 0 Å². The molecule has 0 amide bonds. The molecule has 1 aromatic carbocycles. The second-order valence-electron chi connectivity index (χ2n) is 4.55. The van der Waals surface area contributed by atoms with Crippen LogP contribution in [0.3, 0.4) is 0 Å². The number of nitrogens with zero attached hydrogens (tertiary/aromatic N) is 1. The Morgan fingerprint density at radius 1 is 1.15 bits per heavy atom. The molecule has 7 heteroatoms. The van der Waals surface area contributed by atoms with E-state index in [0.29, 0.717) is 5.69 Å². The number of aryl methyl sites for hydroxylation is 2. The number of benzene rings is 1. The van der Waals surface area contributed by atoms with Gasteiger partial charge in [-0.05, 0) is 38.1 Å². The zero-order chi connectivity index (χ0) is 14.8. The Balaban J connectivity index is 1.99. The molecule has 0 saturated heterocycles. The number of sulfonamides is 1. The fraction of sp³-hybridized carbons (Fsp3) is 0.308. The van der Waals surface area contributed by atoms with Crippen molar-refractivity contribution < 1.29 is 8.42 Å². The van der Waals surface area contributed by atoms with Gasteiger partial charge in [0.15, 0.2) is 0 Å². The molecule has 0 aliphatic heterocycles. The fourth-order valence-electron chi connectivity index (χ4n) is 1.79. The number of hydrogen-bond acceptors (Lipinski definition) is 5. The van der Waals surface area contributed by atoms with Crippen molar-refractivity contribution in [2.45, 2.75) is 20.4 Å². The number of thiazole rings is 1. The second-order valence-corrected chi connectivity index (χ2v) is 7.58. The maximum atomic E-state index is 11.1. The van der Waals surface area contributed by atoms with E-state index in [9.17, 15) is 8.42 Å². The fourth-order valence-corrected chi connectivity index (χ4v) is 3.23. The van der Waals surface area contributed by atoms with Crippen LogP contribution in [-0.4, -0.2) is 19.7 Å². The summed E-state index contributed by atoms with van der Waals surface area (Å²) in [5, 5.41) is 4.36. The molecule has 0 unspecified atom stereocenters. The van der Waals surface area contributed by atoms with Crippen LogP contribution in [0.1, 0.15) is 15.6 Å². The summed E-state index contributed by atoms with van der Waals surface area (Å²) in [6.45, 7) is 4.71. The smallest absolute Gasteiger partial charge is 0.229 e. The van der Waals surface area contributed by atoms with Gasteiger partial charge in [0.25, 0.3) is 0 Å². The SMILES string of the molecule is Cc1nc(C)c(CNc2ccc(NS(C)(=O)=O)cc2)s1. The first-order valence-corrected chi connectivity index (χ1v) is 8.79. The van der Waals surface area contributed by atoms with E-state index < -0.39 is 10.0 Å². The Bertz CT molecular complexity index is 691. The highest BCUT2D eigenvalue weighted by atomic mass is 32.2. The summed E-state index contributed by atoms with van der Waals surface area (Å²) >= 11 is 1.68. The van der Waals surface area contributed by atoms with Gasteiger partial charge in [-0.15, -0.1) is 11.3 Å². The molecular formula is C13H17N3O2S2. The minimum atomic E-state index is -3.23. The molecule has 0 atom stereocenters. The van der Waals surface area contributed by atoms with E-state index in [4.69, 9.17) is 0 Å². The van der Waals surface area contributed by atoms with Crippen LogP contribution < -0.4 is 10.0 Å². The lowest BCUT2D eigenvalue weighted by Gasteiger charge is -2.07. The van der Waals surface area contributed by atoms with Crippen molar-refractivity contribution in [3.8, 4) is 0 Å². The Morgan fingerprint density at radius 3 is 2.25 bits per heavy atom. The van der Waals surface area contributed by atoms with Gasteiger partial charge in [-0.25, -0.2) is 13.4 Å². The summed E-state index contributed by atoms with van der Waals surface area (Å²) in [6, 6.07) is 7.15. The van der Waals surface area contributed by atoms with Crippen LogP contribution in [-0.2, 0) is 16.6 Å². The average Bonchev–Trinajstić information content (AvgIpc) is 2.65. The number of nitrogens with one attached hydrogen (secondary N) is 2. The van der Waals surface area contributed by atoms with Crippen LogP contribution >= 0.6 is 11.3 Å². The largest absolute Gasteiger partial charge is 0.380 e. The van der Waals surface area contributed by atoms with E-state index in [1.165, 1.54) is 4.88 Å². The molecule has 5 nitrogen and oxygen atoms in total. The summed E-state index contributed by atoms with van der Waals surface area (Å²) in [5.74, 6) is 0. The molecular weight excluding hydrogens is 294 g/mol. The highest BCUT2D eigenvalue weighted by molar-refractivity contribution is 7.92. The summed E-state index contributed by atoms with van der Waals surface area (Å²) < 4.78 is 24.6. The average molecular weight is 311 g/mol. The van der Waals surface area contributed by atoms with Gasteiger partial charge in [-0.2, -0.15) is 0 Å². The molecule has 2 aromatic rings. The molecule has 2 N–H and O–H groups in total. The predicted octanol–water partition coefficient (Wildman–Crippen LogP) is 2.74. The summed E-state index contributed by atoms with van der Waals surface area (Å²) in [6.07, 6.45) is 1.13. The van der Waals surface area contributed by atoms with Gasteiger partial charge in [0, 0.05) is 16.3 Å². The van der Waals surface area contributed by atoms with Crippen molar-refractivity contribution in [1.82, 2.24) is 4.98 Å². The van der Waals surface area contributed by atoms with Gasteiger partial charge < -0.3 is 5.32 Å². The standard InChI is InChI=1S/C13H17N3O2S2/c1-9-13(19-10(2)15-9)8-14-11-4-6-12(7-5-11)16-20(3,17)18/h4-7,14,16H,8H2,1-3H3. The molecule has 1 aromatic heterocycles. The number of rotatable bonds is 5. The van der Waals surface area contributed by atoms with Crippen molar-refractivity contribution >= 4 is 32.7 Å². The van der Waals surface area contributed by atoms with Gasteiger partial charge in [0.1, 0.15) is 0 Å². The first-order chi connectivity index (χ1) is 9.33. The Hall–Kier alpha value is -1.60. The molecule has 20 heavy (non-hydrogen) atoms. The summed E-state index contributed by atoms with van der Waals surface area (Å²) in [7, 11) is -3.23. The zero-order valence-electron chi connectivity index (χ0n) is 11.6. The number of hydrogen-bond donors (Lipinski definition) is 2. The zero-order valence-corrected chi connectivity index (χ0v) is 13.2. The third-order valence-electron chi connectivity index (χ3n) is 2.64. The maximum absolute atomic E-state index is 11.1. The van der Waals surface area contributed by atoms with Gasteiger partial charge in [-0.1, -0.05) is 0 Å². The van der Waals surface area contributed by atoms with Crippen LogP contribution in [0.2, 0.25) is 0 Å². The molecule has 0 radical (unpaired) electrons. The van der Waals surface area contributed by atoms with Crippen LogP contribution in [0.4, 0.5) is 11.4 Å². The third kappa shape index (κ3) is 4.21. The lowest BCUT2D eigenvalue weighted by Crippen LogP contribution is -2.09. The summed E-state index contributed by atoms with van der Waals surface area (Å²) in [5.41, 5.74) is 2.55. The number of anilines is 2. The molecule has 0 saturated carbocycles. The van der Waals surface area contributed by atoms with Crippen LogP contribution in [0, 0.1) is 13.8 Å². The second kappa shape index (κ2) is 5.80. The van der Waals surface area contributed by atoms with E-state index in [1.807, 2.05) is 26.0 Å². The molecule has 2 rings (SSSR count). The number of aromatic nitrogens is 1. The van der Waals surface area contributed by atoms with Crippen molar-refractivity contribution in [3.63, 3.8) is 0 Å². The van der Waals surface area contributed by atoms with Crippen LogP contribution in [0.15, 0.2) is 24.3 Å². The Morgan fingerprint density at radius 2 is 1.75 bits per heavy atom. The minimum Gasteiger partial charge on any atom is -0.380 e. The van der Waals surface area contributed by atoms with Gasteiger partial charge in [0.05, 0.1) is 23.5 Å².